The van der Waals surface area contributed by atoms with Gasteiger partial charge in [0.2, 0.25) is 10.0 Å². The fourth-order valence-electron chi connectivity index (χ4n) is 2.60. The number of nitrogens with zero attached hydrogens (tertiary/aromatic N) is 2. The highest BCUT2D eigenvalue weighted by atomic mass is 32.2. The van der Waals surface area contributed by atoms with Crippen molar-refractivity contribution in [2.24, 2.45) is 0 Å². The third-order valence-electron chi connectivity index (χ3n) is 3.76. The monoisotopic (exact) mass is 360 g/mol. The van der Waals surface area contributed by atoms with Gasteiger partial charge >= 0.3 is 5.97 Å². The number of carbonyl (C=O) groups is 1. The second-order valence-electron chi connectivity index (χ2n) is 5.77. The smallest absolute Gasteiger partial charge is 0.318 e. The largest absolute Gasteiger partial charge is 0.480 e. The van der Waals surface area contributed by atoms with Crippen molar-refractivity contribution in [3.05, 3.63) is 35.6 Å². The first kappa shape index (κ1) is 18.8. The zero-order valence-electron chi connectivity index (χ0n) is 13.4. The Labute approximate surface area is 140 Å². The van der Waals surface area contributed by atoms with E-state index in [4.69, 9.17) is 9.84 Å². The Kier molecular flexibility index (Phi) is 6.27. The van der Waals surface area contributed by atoms with E-state index < -0.39 is 28.6 Å². The molecule has 1 saturated heterocycles. The first-order valence-electron chi connectivity index (χ1n) is 7.50. The van der Waals surface area contributed by atoms with Crippen LogP contribution in [0.2, 0.25) is 0 Å². The van der Waals surface area contributed by atoms with Crippen LogP contribution in [0.25, 0.3) is 0 Å². The van der Waals surface area contributed by atoms with Crippen molar-refractivity contribution in [1.29, 1.82) is 0 Å². The maximum atomic E-state index is 13.7. The van der Waals surface area contributed by atoms with Gasteiger partial charge in [0, 0.05) is 31.7 Å². The van der Waals surface area contributed by atoms with Crippen molar-refractivity contribution in [2.75, 3.05) is 39.0 Å². The van der Waals surface area contributed by atoms with Gasteiger partial charge in [-0.25, -0.2) is 12.8 Å². The molecule has 0 aliphatic carbocycles. The molecular formula is C15H21FN2O5S. The lowest BCUT2D eigenvalue weighted by Crippen LogP contribution is -2.49. The number of morpholine rings is 1. The highest BCUT2D eigenvalue weighted by Gasteiger charge is 2.28. The summed E-state index contributed by atoms with van der Waals surface area (Å²) in [6.07, 6.45) is 0.509. The predicted octanol–water partition coefficient (Wildman–Crippen LogP) is 0.373. The lowest BCUT2D eigenvalue weighted by Gasteiger charge is -2.34. The van der Waals surface area contributed by atoms with Crippen molar-refractivity contribution >= 4 is 16.0 Å². The van der Waals surface area contributed by atoms with Crippen LogP contribution in [0.1, 0.15) is 5.56 Å². The molecule has 1 N–H and O–H groups in total. The number of hydrogen-bond donors (Lipinski definition) is 1. The van der Waals surface area contributed by atoms with Gasteiger partial charge in [-0.05, 0) is 6.07 Å². The third kappa shape index (κ3) is 5.52. The minimum atomic E-state index is -3.65. The Morgan fingerprint density at radius 3 is 2.79 bits per heavy atom. The maximum Gasteiger partial charge on any atom is 0.318 e. The molecule has 0 radical (unpaired) electrons. The van der Waals surface area contributed by atoms with Crippen LogP contribution in [-0.4, -0.2) is 73.8 Å². The summed E-state index contributed by atoms with van der Waals surface area (Å²) in [5, 5.41) is 8.86. The van der Waals surface area contributed by atoms with Crippen molar-refractivity contribution in [3.8, 4) is 0 Å². The third-order valence-corrected chi connectivity index (χ3v) is 4.98. The molecule has 1 aromatic carbocycles. The van der Waals surface area contributed by atoms with Crippen LogP contribution in [0.15, 0.2) is 24.3 Å². The fraction of sp³-hybridized carbons (Fsp3) is 0.533. The molecule has 0 saturated carbocycles. The van der Waals surface area contributed by atoms with Gasteiger partial charge in [-0.3, -0.25) is 9.69 Å². The summed E-state index contributed by atoms with van der Waals surface area (Å²) in [6.45, 7) is 1.13. The van der Waals surface area contributed by atoms with E-state index in [-0.39, 0.29) is 12.4 Å². The quantitative estimate of drug-likeness (QED) is 0.756. The summed E-state index contributed by atoms with van der Waals surface area (Å²) < 4.78 is 43.6. The second kappa shape index (κ2) is 8.02. The molecule has 0 bridgehead atoms. The molecule has 0 spiro atoms. The van der Waals surface area contributed by atoms with Gasteiger partial charge in [0.25, 0.3) is 0 Å². The van der Waals surface area contributed by atoms with Gasteiger partial charge < -0.3 is 9.84 Å². The first-order valence-corrected chi connectivity index (χ1v) is 9.35. The van der Waals surface area contributed by atoms with Gasteiger partial charge in [0.15, 0.2) is 0 Å². The molecule has 7 nitrogen and oxygen atoms in total. The minimum Gasteiger partial charge on any atom is -0.480 e. The lowest BCUT2D eigenvalue weighted by molar-refractivity contribution is -0.137. The van der Waals surface area contributed by atoms with Crippen LogP contribution >= 0.6 is 0 Å². The normalized spacial score (nSPS) is 19.5. The lowest BCUT2D eigenvalue weighted by atomic mass is 10.1. The van der Waals surface area contributed by atoms with Crippen molar-refractivity contribution in [1.82, 2.24) is 9.21 Å². The van der Waals surface area contributed by atoms with Gasteiger partial charge in [-0.15, -0.1) is 0 Å². The predicted molar refractivity (Wildman–Crippen MR) is 85.5 cm³/mol. The standard InChI is InChI=1S/C15H21FN2O5S/c1-24(21,22)18(11-15(19)20)10-13-9-17(6-7-23-13)8-12-4-2-3-5-14(12)16/h2-5,13H,6-11H2,1H3,(H,19,20). The highest BCUT2D eigenvalue weighted by molar-refractivity contribution is 7.88. The second-order valence-corrected chi connectivity index (χ2v) is 7.75. The molecule has 1 fully saturated rings. The van der Waals surface area contributed by atoms with Crippen molar-refractivity contribution < 1.29 is 27.4 Å². The van der Waals surface area contributed by atoms with Gasteiger partial charge in [-0.2, -0.15) is 4.31 Å². The molecule has 1 unspecified atom stereocenters. The Balaban J connectivity index is 1.99. The molecule has 0 amide bonds. The Morgan fingerprint density at radius 2 is 2.17 bits per heavy atom. The van der Waals surface area contributed by atoms with Gasteiger partial charge in [0.1, 0.15) is 12.4 Å². The molecule has 134 valence electrons. The average molecular weight is 360 g/mol. The summed E-state index contributed by atoms with van der Waals surface area (Å²) in [6, 6.07) is 6.48. The maximum absolute atomic E-state index is 13.7. The first-order chi connectivity index (χ1) is 11.3. The number of sulfonamides is 1. The van der Waals surface area contributed by atoms with Crippen LogP contribution in [0.5, 0.6) is 0 Å². The molecule has 1 heterocycles. The van der Waals surface area contributed by atoms with E-state index in [2.05, 4.69) is 0 Å². The van der Waals surface area contributed by atoms with E-state index >= 15 is 0 Å². The SMILES string of the molecule is CS(=O)(=O)N(CC(=O)O)CC1CN(Cc2ccccc2F)CCO1. The average Bonchev–Trinajstić information content (AvgIpc) is 2.48. The van der Waals surface area contributed by atoms with Crippen LogP contribution in [0, 0.1) is 5.82 Å². The van der Waals surface area contributed by atoms with Crippen LogP contribution in [-0.2, 0) is 26.1 Å². The fourth-order valence-corrected chi connectivity index (χ4v) is 3.38. The molecule has 1 aliphatic rings. The van der Waals surface area contributed by atoms with Crippen LogP contribution in [0.3, 0.4) is 0 Å². The summed E-state index contributed by atoms with van der Waals surface area (Å²) in [4.78, 5) is 12.8. The molecule has 9 heteroatoms. The molecule has 1 atom stereocenters. The number of halogens is 1. The number of carboxylic acids is 1. The molecule has 1 aliphatic heterocycles. The van der Waals surface area contributed by atoms with E-state index in [0.29, 0.717) is 31.8 Å². The minimum absolute atomic E-state index is 0.0428. The van der Waals surface area contributed by atoms with Crippen molar-refractivity contribution in [2.45, 2.75) is 12.6 Å². The van der Waals surface area contributed by atoms with Crippen LogP contribution in [0.4, 0.5) is 4.39 Å². The van der Waals surface area contributed by atoms with E-state index in [1.807, 2.05) is 4.90 Å². The van der Waals surface area contributed by atoms with Crippen LogP contribution < -0.4 is 0 Å². The number of benzene rings is 1. The molecule has 2 rings (SSSR count). The van der Waals surface area contributed by atoms with E-state index in [1.54, 1.807) is 18.2 Å². The van der Waals surface area contributed by atoms with Crippen molar-refractivity contribution in [3.63, 3.8) is 0 Å². The summed E-state index contributed by atoms with van der Waals surface area (Å²) >= 11 is 0. The Hall–Kier alpha value is -1.55. The molecule has 1 aromatic rings. The topological polar surface area (TPSA) is 87.2 Å². The Morgan fingerprint density at radius 1 is 1.46 bits per heavy atom. The number of hydrogen-bond acceptors (Lipinski definition) is 5. The van der Waals surface area contributed by atoms with E-state index in [0.717, 1.165) is 10.6 Å². The number of carboxylic acid groups (broad SMARTS) is 1. The number of rotatable bonds is 7. The zero-order valence-corrected chi connectivity index (χ0v) is 14.2. The zero-order chi connectivity index (χ0) is 17.7. The van der Waals surface area contributed by atoms with Gasteiger partial charge in [0.05, 0.1) is 19.0 Å². The highest BCUT2D eigenvalue weighted by Crippen LogP contribution is 2.14. The number of ether oxygens (including phenoxy) is 1. The summed E-state index contributed by atoms with van der Waals surface area (Å²) in [5.74, 6) is -1.51. The Bertz CT molecular complexity index is 682. The van der Waals surface area contributed by atoms with Gasteiger partial charge in [-0.1, -0.05) is 18.2 Å². The molecule has 0 aromatic heterocycles. The summed E-state index contributed by atoms with van der Waals surface area (Å²) in [7, 11) is -3.65. The molecular weight excluding hydrogens is 339 g/mol. The summed E-state index contributed by atoms with van der Waals surface area (Å²) in [5.41, 5.74) is 0.559. The van der Waals surface area contributed by atoms with E-state index in [1.165, 1.54) is 6.07 Å². The molecule has 24 heavy (non-hydrogen) atoms. The number of aliphatic carboxylic acids is 1. The van der Waals surface area contributed by atoms with E-state index in [9.17, 15) is 17.6 Å².